The number of rotatable bonds is 3. The quantitative estimate of drug-likeness (QED) is 0.733. The molecule has 2 heteroatoms. The highest BCUT2D eigenvalue weighted by molar-refractivity contribution is 4.66. The van der Waals surface area contributed by atoms with Crippen molar-refractivity contribution in [2.45, 2.75) is 83.3 Å². The molecule has 2 nitrogen and oxygen atoms in total. The van der Waals surface area contributed by atoms with Crippen LogP contribution >= 0.6 is 0 Å². The van der Waals surface area contributed by atoms with E-state index in [1.54, 1.807) is 0 Å². The van der Waals surface area contributed by atoms with Gasteiger partial charge >= 0.3 is 0 Å². The molecule has 1 rings (SSSR count). The zero-order chi connectivity index (χ0) is 12.3. The van der Waals surface area contributed by atoms with Crippen LogP contribution < -0.4 is 0 Å². The Morgan fingerprint density at radius 3 is 1.88 bits per heavy atom. The molecule has 0 aliphatic heterocycles. The zero-order valence-corrected chi connectivity index (χ0v) is 11.7. The fourth-order valence-corrected chi connectivity index (χ4v) is 2.75. The summed E-state index contributed by atoms with van der Waals surface area (Å²) in [6, 6.07) is 0. The molecular weight excluding hydrogens is 212 g/mol. The van der Waals surface area contributed by atoms with Gasteiger partial charge in [-0.3, -0.25) is 0 Å². The maximum atomic E-state index is 5.82. The van der Waals surface area contributed by atoms with Crippen molar-refractivity contribution in [3.63, 3.8) is 0 Å². The van der Waals surface area contributed by atoms with Gasteiger partial charge in [0, 0.05) is 13.7 Å². The highest BCUT2D eigenvalue weighted by Crippen LogP contribution is 2.20. The Labute approximate surface area is 107 Å². The standard InChI is InChI=1S/C15H30O2/c1-3-17-15-11-9-7-5-4-6-8-10-14(16-2)12-13-15/h14-15H,3-13H2,1-2H3. The van der Waals surface area contributed by atoms with Crippen molar-refractivity contribution >= 4 is 0 Å². The highest BCUT2D eigenvalue weighted by atomic mass is 16.5. The summed E-state index contributed by atoms with van der Waals surface area (Å²) in [6.07, 6.45) is 14.0. The van der Waals surface area contributed by atoms with E-state index in [1.807, 2.05) is 7.11 Å². The molecule has 0 aromatic carbocycles. The summed E-state index contributed by atoms with van der Waals surface area (Å²) in [6.45, 7) is 2.95. The molecule has 0 amide bonds. The molecule has 0 radical (unpaired) electrons. The third-order valence-corrected chi connectivity index (χ3v) is 3.85. The summed E-state index contributed by atoms with van der Waals surface area (Å²) < 4.78 is 11.4. The fourth-order valence-electron chi connectivity index (χ4n) is 2.75. The topological polar surface area (TPSA) is 18.5 Å². The molecule has 102 valence electrons. The summed E-state index contributed by atoms with van der Waals surface area (Å²) in [5, 5.41) is 0. The second kappa shape index (κ2) is 9.90. The SMILES string of the molecule is CCOC1CCCCCCCCC(OC)CC1. The van der Waals surface area contributed by atoms with Crippen LogP contribution in [-0.2, 0) is 9.47 Å². The Bertz CT molecular complexity index is 170. The smallest absolute Gasteiger partial charge is 0.0576 e. The molecule has 1 aliphatic rings. The summed E-state index contributed by atoms with van der Waals surface area (Å²) in [7, 11) is 1.85. The van der Waals surface area contributed by atoms with Gasteiger partial charge in [-0.2, -0.15) is 0 Å². The maximum Gasteiger partial charge on any atom is 0.0576 e. The fraction of sp³-hybridized carbons (Fsp3) is 1.00. The number of hydrogen-bond acceptors (Lipinski definition) is 2. The monoisotopic (exact) mass is 242 g/mol. The zero-order valence-electron chi connectivity index (χ0n) is 11.7. The first kappa shape index (κ1) is 15.0. The maximum absolute atomic E-state index is 5.82. The third kappa shape index (κ3) is 7.05. The molecule has 0 aromatic heterocycles. The Morgan fingerprint density at radius 1 is 0.765 bits per heavy atom. The van der Waals surface area contributed by atoms with Gasteiger partial charge < -0.3 is 9.47 Å². The number of methoxy groups -OCH3 is 1. The van der Waals surface area contributed by atoms with E-state index in [4.69, 9.17) is 9.47 Å². The Kier molecular flexibility index (Phi) is 8.72. The Morgan fingerprint density at radius 2 is 1.29 bits per heavy atom. The van der Waals surface area contributed by atoms with Gasteiger partial charge in [-0.05, 0) is 32.6 Å². The molecule has 1 aliphatic carbocycles. The van der Waals surface area contributed by atoms with Gasteiger partial charge in [0.05, 0.1) is 12.2 Å². The van der Waals surface area contributed by atoms with Crippen molar-refractivity contribution < 1.29 is 9.47 Å². The van der Waals surface area contributed by atoms with Crippen molar-refractivity contribution in [3.05, 3.63) is 0 Å². The predicted octanol–water partition coefficient (Wildman–Crippen LogP) is 4.32. The minimum Gasteiger partial charge on any atom is -0.381 e. The second-order valence-electron chi connectivity index (χ2n) is 5.21. The van der Waals surface area contributed by atoms with E-state index in [2.05, 4.69) is 6.92 Å². The van der Waals surface area contributed by atoms with E-state index in [0.717, 1.165) is 6.61 Å². The molecule has 0 heterocycles. The first-order valence-electron chi connectivity index (χ1n) is 7.51. The first-order chi connectivity index (χ1) is 8.36. The van der Waals surface area contributed by atoms with Crippen LogP contribution in [0.3, 0.4) is 0 Å². The molecule has 1 saturated carbocycles. The molecule has 1 fully saturated rings. The van der Waals surface area contributed by atoms with Crippen molar-refractivity contribution in [1.82, 2.24) is 0 Å². The lowest BCUT2D eigenvalue weighted by Gasteiger charge is -2.21. The first-order valence-corrected chi connectivity index (χ1v) is 7.51. The van der Waals surface area contributed by atoms with Gasteiger partial charge in [-0.25, -0.2) is 0 Å². The lowest BCUT2D eigenvalue weighted by molar-refractivity contribution is 0.0238. The van der Waals surface area contributed by atoms with Gasteiger partial charge in [-0.1, -0.05) is 38.5 Å². The van der Waals surface area contributed by atoms with Crippen LogP contribution in [0.15, 0.2) is 0 Å². The summed E-state index contributed by atoms with van der Waals surface area (Å²) in [5.74, 6) is 0. The molecule has 2 unspecified atom stereocenters. The van der Waals surface area contributed by atoms with Gasteiger partial charge in [0.15, 0.2) is 0 Å². The van der Waals surface area contributed by atoms with Crippen LogP contribution in [0.4, 0.5) is 0 Å². The molecule has 0 aromatic rings. The van der Waals surface area contributed by atoms with E-state index < -0.39 is 0 Å². The average Bonchev–Trinajstić information content (AvgIpc) is 2.33. The van der Waals surface area contributed by atoms with Crippen LogP contribution in [0.2, 0.25) is 0 Å². The summed E-state index contributed by atoms with van der Waals surface area (Å²) in [4.78, 5) is 0. The lowest BCUT2D eigenvalue weighted by Crippen LogP contribution is -2.18. The minimum absolute atomic E-state index is 0.456. The molecule has 0 spiro atoms. The molecule has 0 saturated heterocycles. The highest BCUT2D eigenvalue weighted by Gasteiger charge is 2.14. The van der Waals surface area contributed by atoms with E-state index in [1.165, 1.54) is 64.2 Å². The van der Waals surface area contributed by atoms with Crippen LogP contribution in [-0.4, -0.2) is 25.9 Å². The number of hydrogen-bond donors (Lipinski definition) is 0. The Hall–Kier alpha value is -0.0800. The van der Waals surface area contributed by atoms with Gasteiger partial charge in [0.2, 0.25) is 0 Å². The van der Waals surface area contributed by atoms with Crippen LogP contribution in [0.25, 0.3) is 0 Å². The minimum atomic E-state index is 0.456. The molecule has 0 bridgehead atoms. The van der Waals surface area contributed by atoms with Crippen LogP contribution in [0.5, 0.6) is 0 Å². The Balaban J connectivity index is 2.35. The summed E-state index contributed by atoms with van der Waals surface area (Å²) >= 11 is 0. The third-order valence-electron chi connectivity index (χ3n) is 3.85. The van der Waals surface area contributed by atoms with Gasteiger partial charge in [0.1, 0.15) is 0 Å². The van der Waals surface area contributed by atoms with Crippen molar-refractivity contribution in [2.24, 2.45) is 0 Å². The van der Waals surface area contributed by atoms with E-state index in [-0.39, 0.29) is 0 Å². The van der Waals surface area contributed by atoms with Gasteiger partial charge in [0.25, 0.3) is 0 Å². The van der Waals surface area contributed by atoms with Crippen molar-refractivity contribution in [2.75, 3.05) is 13.7 Å². The van der Waals surface area contributed by atoms with E-state index in [0.29, 0.717) is 12.2 Å². The van der Waals surface area contributed by atoms with Crippen LogP contribution in [0.1, 0.15) is 71.1 Å². The van der Waals surface area contributed by atoms with Crippen LogP contribution in [0, 0.1) is 0 Å². The summed E-state index contributed by atoms with van der Waals surface area (Å²) in [5.41, 5.74) is 0. The van der Waals surface area contributed by atoms with E-state index in [9.17, 15) is 0 Å². The molecule has 2 atom stereocenters. The second-order valence-corrected chi connectivity index (χ2v) is 5.21. The normalized spacial score (nSPS) is 29.3. The number of ether oxygens (including phenoxy) is 2. The van der Waals surface area contributed by atoms with E-state index >= 15 is 0 Å². The largest absolute Gasteiger partial charge is 0.381 e. The average molecular weight is 242 g/mol. The molecule has 0 N–H and O–H groups in total. The van der Waals surface area contributed by atoms with Crippen molar-refractivity contribution in [3.8, 4) is 0 Å². The van der Waals surface area contributed by atoms with Gasteiger partial charge in [-0.15, -0.1) is 0 Å². The lowest BCUT2D eigenvalue weighted by atomic mass is 9.98. The van der Waals surface area contributed by atoms with Crippen molar-refractivity contribution in [1.29, 1.82) is 0 Å². The predicted molar refractivity (Wildman–Crippen MR) is 72.4 cm³/mol. The molecular formula is C15H30O2. The molecule has 17 heavy (non-hydrogen) atoms.